The van der Waals surface area contributed by atoms with Crippen molar-refractivity contribution in [3.05, 3.63) is 18.2 Å². The highest BCUT2D eigenvalue weighted by Crippen LogP contribution is 2.32. The summed E-state index contributed by atoms with van der Waals surface area (Å²) in [6.45, 7) is 1.72. The average molecular weight is 338 g/mol. The number of hydrogen-bond donors (Lipinski definition) is 1. The van der Waals surface area contributed by atoms with Gasteiger partial charge in [-0.3, -0.25) is 4.79 Å². The van der Waals surface area contributed by atoms with Crippen LogP contribution in [0.4, 0.5) is 0 Å². The maximum atomic E-state index is 12.3. The second kappa shape index (κ2) is 9.03. The van der Waals surface area contributed by atoms with E-state index in [4.69, 9.17) is 9.47 Å². The molecule has 0 aromatic heterocycles. The van der Waals surface area contributed by atoms with Crippen LogP contribution in [0.2, 0.25) is 0 Å². The minimum absolute atomic E-state index is 0.248. The third kappa shape index (κ3) is 5.04. The molecular weight excluding hydrogens is 312 g/mol. The molecule has 1 amide bonds. The van der Waals surface area contributed by atoms with Crippen LogP contribution >= 0.6 is 11.8 Å². The number of benzene rings is 1. The van der Waals surface area contributed by atoms with Gasteiger partial charge in [-0.15, -0.1) is 11.8 Å². The van der Waals surface area contributed by atoms with Gasteiger partial charge in [0.25, 0.3) is 0 Å². The van der Waals surface area contributed by atoms with Gasteiger partial charge in [0.05, 0.1) is 14.2 Å². The van der Waals surface area contributed by atoms with E-state index in [-0.39, 0.29) is 5.91 Å². The lowest BCUT2D eigenvalue weighted by atomic mass is 10.1. The van der Waals surface area contributed by atoms with Gasteiger partial charge >= 0.3 is 0 Å². The molecule has 1 aliphatic heterocycles. The Labute approximate surface area is 142 Å². The first-order chi connectivity index (χ1) is 11.2. The number of amides is 1. The van der Waals surface area contributed by atoms with E-state index < -0.39 is 0 Å². The monoisotopic (exact) mass is 338 g/mol. The molecule has 23 heavy (non-hydrogen) atoms. The number of likely N-dealkylation sites (tertiary alicyclic amines) is 1. The van der Waals surface area contributed by atoms with E-state index in [1.807, 2.05) is 30.1 Å². The van der Waals surface area contributed by atoms with Gasteiger partial charge in [0.1, 0.15) is 0 Å². The fourth-order valence-electron chi connectivity index (χ4n) is 2.76. The molecule has 0 saturated carbocycles. The predicted molar refractivity (Wildman–Crippen MR) is 93.5 cm³/mol. The van der Waals surface area contributed by atoms with Crippen molar-refractivity contribution in [3.63, 3.8) is 0 Å². The summed E-state index contributed by atoms with van der Waals surface area (Å²) in [5.41, 5.74) is 0. The first kappa shape index (κ1) is 17.9. The smallest absolute Gasteiger partial charge is 0.223 e. The summed E-state index contributed by atoms with van der Waals surface area (Å²) in [5.74, 6) is 2.46. The molecule has 0 bridgehead atoms. The Kier molecular flexibility index (Phi) is 7.05. The van der Waals surface area contributed by atoms with Crippen molar-refractivity contribution >= 4 is 17.7 Å². The highest BCUT2D eigenvalue weighted by molar-refractivity contribution is 7.99. The number of ether oxygens (including phenoxy) is 2. The number of methoxy groups -OCH3 is 2. The zero-order valence-corrected chi connectivity index (χ0v) is 14.9. The van der Waals surface area contributed by atoms with Gasteiger partial charge in [0, 0.05) is 36.2 Å². The lowest BCUT2D eigenvalue weighted by Gasteiger charge is -2.32. The molecule has 1 aromatic rings. The Morgan fingerprint density at radius 3 is 2.83 bits per heavy atom. The Balaban J connectivity index is 1.81. The second-order valence-electron chi connectivity index (χ2n) is 5.58. The Hall–Kier alpha value is -1.40. The van der Waals surface area contributed by atoms with Crippen molar-refractivity contribution in [2.24, 2.45) is 0 Å². The fraction of sp³-hybridized carbons (Fsp3) is 0.588. The molecule has 0 spiro atoms. The first-order valence-electron chi connectivity index (χ1n) is 7.97. The molecule has 1 atom stereocenters. The van der Waals surface area contributed by atoms with Crippen LogP contribution in [0.25, 0.3) is 0 Å². The molecule has 1 unspecified atom stereocenters. The summed E-state index contributed by atoms with van der Waals surface area (Å²) in [4.78, 5) is 15.4. The molecule has 1 fully saturated rings. The van der Waals surface area contributed by atoms with Crippen LogP contribution in [0, 0.1) is 0 Å². The third-order valence-electron chi connectivity index (χ3n) is 4.12. The van der Waals surface area contributed by atoms with Crippen molar-refractivity contribution in [1.29, 1.82) is 0 Å². The Bertz CT molecular complexity index is 525. The van der Waals surface area contributed by atoms with Gasteiger partial charge in [-0.1, -0.05) is 0 Å². The molecule has 1 aromatic carbocycles. The molecule has 2 rings (SSSR count). The van der Waals surface area contributed by atoms with Crippen LogP contribution in [0.3, 0.4) is 0 Å². The predicted octanol–water partition coefficient (Wildman–Crippen LogP) is 2.40. The molecule has 1 saturated heterocycles. The molecule has 1 heterocycles. The van der Waals surface area contributed by atoms with Gasteiger partial charge in [-0.25, -0.2) is 0 Å². The third-order valence-corrected chi connectivity index (χ3v) is 5.12. The van der Waals surface area contributed by atoms with Crippen molar-refractivity contribution in [2.45, 2.75) is 30.2 Å². The van der Waals surface area contributed by atoms with Gasteiger partial charge in [-0.2, -0.15) is 0 Å². The number of likely N-dealkylation sites (N-methyl/N-ethyl adjacent to an activating group) is 1. The van der Waals surface area contributed by atoms with Gasteiger partial charge in [0.2, 0.25) is 5.91 Å². The summed E-state index contributed by atoms with van der Waals surface area (Å²) in [6, 6.07) is 6.28. The number of piperidine rings is 1. The van der Waals surface area contributed by atoms with E-state index in [0.717, 1.165) is 48.1 Å². The highest BCUT2D eigenvalue weighted by Gasteiger charge is 2.22. The first-order valence-corrected chi connectivity index (χ1v) is 8.96. The topological polar surface area (TPSA) is 50.8 Å². The lowest BCUT2D eigenvalue weighted by Crippen LogP contribution is -2.47. The van der Waals surface area contributed by atoms with Crippen molar-refractivity contribution < 1.29 is 14.3 Å². The maximum Gasteiger partial charge on any atom is 0.223 e. The van der Waals surface area contributed by atoms with Crippen LogP contribution in [-0.4, -0.2) is 57.0 Å². The standard InChI is InChI=1S/C17H26N2O3S/c1-18-13-5-4-9-19(12-13)17(20)8-10-23-14-6-7-15(21-2)16(11-14)22-3/h6-7,11,13,18H,4-5,8-10,12H2,1-3H3. The van der Waals surface area contributed by atoms with E-state index in [1.165, 1.54) is 0 Å². The van der Waals surface area contributed by atoms with E-state index in [1.54, 1.807) is 26.0 Å². The largest absolute Gasteiger partial charge is 0.493 e. The van der Waals surface area contributed by atoms with Crippen LogP contribution in [0.5, 0.6) is 11.5 Å². The van der Waals surface area contributed by atoms with Gasteiger partial charge < -0.3 is 19.7 Å². The maximum absolute atomic E-state index is 12.3. The summed E-state index contributed by atoms with van der Waals surface area (Å²) in [5, 5.41) is 3.27. The van der Waals surface area contributed by atoms with E-state index in [9.17, 15) is 4.79 Å². The number of hydrogen-bond acceptors (Lipinski definition) is 5. The van der Waals surface area contributed by atoms with Crippen molar-refractivity contribution in [1.82, 2.24) is 10.2 Å². The highest BCUT2D eigenvalue weighted by atomic mass is 32.2. The quantitative estimate of drug-likeness (QED) is 0.774. The second-order valence-corrected chi connectivity index (χ2v) is 6.75. The van der Waals surface area contributed by atoms with Crippen LogP contribution in [-0.2, 0) is 4.79 Å². The molecule has 128 valence electrons. The average Bonchev–Trinajstić information content (AvgIpc) is 2.61. The number of carbonyl (C=O) groups excluding carboxylic acids is 1. The van der Waals surface area contributed by atoms with Crippen molar-refractivity contribution in [2.75, 3.05) is 40.1 Å². The van der Waals surface area contributed by atoms with Crippen molar-refractivity contribution in [3.8, 4) is 11.5 Å². The normalized spacial score (nSPS) is 17.9. The molecule has 6 heteroatoms. The van der Waals surface area contributed by atoms with Gasteiger partial charge in [0.15, 0.2) is 11.5 Å². The number of rotatable bonds is 7. The van der Waals surface area contributed by atoms with E-state index in [2.05, 4.69) is 5.32 Å². The fourth-order valence-corrected chi connectivity index (χ4v) is 3.63. The molecule has 0 radical (unpaired) electrons. The molecular formula is C17H26N2O3S. The van der Waals surface area contributed by atoms with Gasteiger partial charge in [-0.05, 0) is 38.1 Å². The summed E-state index contributed by atoms with van der Waals surface area (Å²) >= 11 is 1.67. The zero-order valence-electron chi connectivity index (χ0n) is 14.1. The number of nitrogens with one attached hydrogen (secondary N) is 1. The number of thioether (sulfide) groups is 1. The summed E-state index contributed by atoms with van der Waals surface area (Å²) in [7, 11) is 5.22. The SMILES string of the molecule is CNC1CCCN(C(=O)CCSc2ccc(OC)c(OC)c2)C1. The molecule has 0 aliphatic carbocycles. The van der Waals surface area contributed by atoms with E-state index >= 15 is 0 Å². The minimum atomic E-state index is 0.248. The van der Waals surface area contributed by atoms with Crippen LogP contribution in [0.15, 0.2) is 23.1 Å². The zero-order chi connectivity index (χ0) is 16.7. The number of carbonyl (C=O) groups is 1. The molecule has 1 aliphatic rings. The summed E-state index contributed by atoms with van der Waals surface area (Å²) < 4.78 is 10.5. The number of nitrogens with zero attached hydrogens (tertiary/aromatic N) is 1. The van der Waals surface area contributed by atoms with E-state index in [0.29, 0.717) is 12.5 Å². The van der Waals surface area contributed by atoms with Crippen LogP contribution < -0.4 is 14.8 Å². The Morgan fingerprint density at radius 2 is 2.13 bits per heavy atom. The summed E-state index contributed by atoms with van der Waals surface area (Å²) in [6.07, 6.45) is 2.80. The molecule has 5 nitrogen and oxygen atoms in total. The Morgan fingerprint density at radius 1 is 1.35 bits per heavy atom. The lowest BCUT2D eigenvalue weighted by molar-refractivity contribution is -0.132. The van der Waals surface area contributed by atoms with Crippen LogP contribution in [0.1, 0.15) is 19.3 Å². The molecule has 1 N–H and O–H groups in total. The minimum Gasteiger partial charge on any atom is -0.493 e.